The molecule has 1 aromatic rings. The predicted octanol–water partition coefficient (Wildman–Crippen LogP) is 1.00. The molecule has 0 atom stereocenters. The lowest BCUT2D eigenvalue weighted by atomic mass is 10.3. The predicted molar refractivity (Wildman–Crippen MR) is 59.3 cm³/mol. The summed E-state index contributed by atoms with van der Waals surface area (Å²) in [4.78, 5) is 3.95. The Hall–Kier alpha value is -0.660. The minimum Gasteiger partial charge on any atom is -0.361 e. The number of rotatable bonds is 5. The van der Waals surface area contributed by atoms with E-state index in [1.807, 2.05) is 0 Å². The third-order valence-electron chi connectivity index (χ3n) is 2.29. The van der Waals surface area contributed by atoms with Crippen molar-refractivity contribution in [1.82, 2.24) is 4.98 Å². The summed E-state index contributed by atoms with van der Waals surface area (Å²) in [6, 6.07) is 0. The van der Waals surface area contributed by atoms with Crippen molar-refractivity contribution in [3.8, 4) is 0 Å². The van der Waals surface area contributed by atoms with Crippen LogP contribution in [0.2, 0.25) is 0 Å². The molecule has 1 aromatic heterocycles. The Bertz CT molecular complexity index is 436. The van der Waals surface area contributed by atoms with Crippen molar-refractivity contribution >= 4 is 26.5 Å². The van der Waals surface area contributed by atoms with Gasteiger partial charge in [0, 0.05) is 6.54 Å². The van der Waals surface area contributed by atoms with Crippen LogP contribution in [0.25, 0.3) is 0 Å². The Morgan fingerprint density at radius 1 is 1.60 bits per heavy atom. The largest absolute Gasteiger partial charge is 0.361 e. The van der Waals surface area contributed by atoms with Gasteiger partial charge < -0.3 is 5.32 Å². The fourth-order valence-electron chi connectivity index (χ4n) is 1.26. The van der Waals surface area contributed by atoms with Gasteiger partial charge in [-0.2, -0.15) is 0 Å². The number of nitrogens with zero attached hydrogens (tertiary/aromatic N) is 1. The van der Waals surface area contributed by atoms with Gasteiger partial charge in [-0.1, -0.05) is 24.2 Å². The van der Waals surface area contributed by atoms with Gasteiger partial charge >= 0.3 is 0 Å². The van der Waals surface area contributed by atoms with Gasteiger partial charge in [-0.25, -0.2) is 18.5 Å². The Morgan fingerprint density at radius 2 is 2.33 bits per heavy atom. The number of anilines is 1. The van der Waals surface area contributed by atoms with E-state index in [-0.39, 0.29) is 4.21 Å². The van der Waals surface area contributed by atoms with Crippen molar-refractivity contribution in [3.63, 3.8) is 0 Å². The number of nitrogens with two attached hydrogens (primary N) is 1. The van der Waals surface area contributed by atoms with Crippen LogP contribution in [0.4, 0.5) is 5.13 Å². The third-order valence-corrected chi connectivity index (χ3v) is 4.65. The van der Waals surface area contributed by atoms with E-state index >= 15 is 0 Å². The molecule has 3 N–H and O–H groups in total. The molecule has 0 amide bonds. The van der Waals surface area contributed by atoms with Gasteiger partial charge in [0.1, 0.15) is 0 Å². The first-order chi connectivity index (χ1) is 7.05. The van der Waals surface area contributed by atoms with Crippen LogP contribution in [0.3, 0.4) is 0 Å². The second kappa shape index (κ2) is 4.07. The fourth-order valence-corrected chi connectivity index (χ4v) is 2.74. The summed E-state index contributed by atoms with van der Waals surface area (Å²) >= 11 is 1.08. The lowest BCUT2D eigenvalue weighted by molar-refractivity contribution is 0.599. The highest BCUT2D eigenvalue weighted by Crippen LogP contribution is 2.32. The monoisotopic (exact) mass is 247 g/mol. The van der Waals surface area contributed by atoms with Crippen molar-refractivity contribution < 1.29 is 8.42 Å². The summed E-state index contributed by atoms with van der Waals surface area (Å²) in [5.74, 6) is 0.857. The normalized spacial score (nSPS) is 16.6. The smallest absolute Gasteiger partial charge is 0.249 e. The molecule has 2 rings (SSSR count). The first kappa shape index (κ1) is 10.8. The van der Waals surface area contributed by atoms with E-state index in [9.17, 15) is 8.42 Å². The van der Waals surface area contributed by atoms with Gasteiger partial charge in [0.05, 0.1) is 6.20 Å². The molecule has 7 heteroatoms. The highest BCUT2D eigenvalue weighted by Gasteiger charge is 2.20. The molecular formula is C8H13N3O2S2. The second-order valence-corrected chi connectivity index (χ2v) is 6.51. The summed E-state index contributed by atoms with van der Waals surface area (Å²) in [7, 11) is -3.59. The molecule has 0 radical (unpaired) electrons. The topological polar surface area (TPSA) is 85.1 Å². The molecule has 0 aliphatic heterocycles. The molecule has 1 aliphatic carbocycles. The summed E-state index contributed by atoms with van der Waals surface area (Å²) in [6.07, 6.45) is 5.06. The van der Waals surface area contributed by atoms with E-state index in [0.717, 1.165) is 30.2 Å². The van der Waals surface area contributed by atoms with Crippen molar-refractivity contribution in [2.45, 2.75) is 23.5 Å². The Labute approximate surface area is 92.8 Å². The number of aromatic nitrogens is 1. The zero-order valence-electron chi connectivity index (χ0n) is 8.14. The van der Waals surface area contributed by atoms with Crippen LogP contribution in [0.1, 0.15) is 19.3 Å². The summed E-state index contributed by atoms with van der Waals surface area (Å²) in [6.45, 7) is 0.849. The van der Waals surface area contributed by atoms with Crippen LogP contribution in [0.5, 0.6) is 0 Å². The van der Waals surface area contributed by atoms with Gasteiger partial charge in [-0.3, -0.25) is 0 Å². The molecular weight excluding hydrogens is 234 g/mol. The third kappa shape index (κ3) is 3.15. The molecule has 15 heavy (non-hydrogen) atoms. The molecule has 0 aromatic carbocycles. The van der Waals surface area contributed by atoms with E-state index in [4.69, 9.17) is 5.14 Å². The minimum atomic E-state index is -3.59. The maximum atomic E-state index is 11.0. The Kier molecular flexibility index (Phi) is 2.94. The molecule has 1 aliphatic rings. The van der Waals surface area contributed by atoms with E-state index in [0.29, 0.717) is 5.13 Å². The summed E-state index contributed by atoms with van der Waals surface area (Å²) < 4.78 is 22.0. The van der Waals surface area contributed by atoms with Gasteiger partial charge in [0.15, 0.2) is 9.34 Å². The van der Waals surface area contributed by atoms with Gasteiger partial charge in [-0.15, -0.1) is 0 Å². The second-order valence-electron chi connectivity index (χ2n) is 3.69. The first-order valence-corrected chi connectivity index (χ1v) is 7.14. The molecule has 1 saturated carbocycles. The van der Waals surface area contributed by atoms with Crippen molar-refractivity contribution in [2.24, 2.45) is 11.1 Å². The maximum Gasteiger partial charge on any atom is 0.249 e. The number of sulfonamides is 1. The van der Waals surface area contributed by atoms with Crippen molar-refractivity contribution in [3.05, 3.63) is 6.20 Å². The van der Waals surface area contributed by atoms with Crippen molar-refractivity contribution in [2.75, 3.05) is 11.9 Å². The minimum absolute atomic E-state index is 0.108. The molecule has 1 heterocycles. The molecule has 0 spiro atoms. The number of hydrogen-bond acceptors (Lipinski definition) is 5. The molecule has 5 nitrogen and oxygen atoms in total. The fraction of sp³-hybridized carbons (Fsp3) is 0.625. The van der Waals surface area contributed by atoms with E-state index in [1.54, 1.807) is 0 Å². The molecule has 1 fully saturated rings. The Balaban J connectivity index is 1.88. The summed E-state index contributed by atoms with van der Waals surface area (Å²) in [5, 5.41) is 8.69. The van der Waals surface area contributed by atoms with E-state index in [1.165, 1.54) is 19.0 Å². The quantitative estimate of drug-likeness (QED) is 0.813. The standard InChI is InChI=1S/C8H13N3O2S2/c9-15(12,13)7-5-11-8(14-7)10-4-3-6-1-2-6/h5-6H,1-4H2,(H,10,11)(H2,9,12,13). The average molecular weight is 247 g/mol. The van der Waals surface area contributed by atoms with Crippen molar-refractivity contribution in [1.29, 1.82) is 0 Å². The first-order valence-electron chi connectivity index (χ1n) is 4.78. The van der Waals surface area contributed by atoms with Crippen LogP contribution in [-0.4, -0.2) is 19.9 Å². The van der Waals surface area contributed by atoms with Crippen LogP contribution in [-0.2, 0) is 10.0 Å². The van der Waals surface area contributed by atoms with E-state index in [2.05, 4.69) is 10.3 Å². The zero-order chi connectivity index (χ0) is 10.9. The molecule has 0 bridgehead atoms. The van der Waals surface area contributed by atoms with Gasteiger partial charge in [0.25, 0.3) is 0 Å². The average Bonchev–Trinajstić information content (AvgIpc) is 2.80. The van der Waals surface area contributed by atoms with Crippen LogP contribution < -0.4 is 10.5 Å². The van der Waals surface area contributed by atoms with E-state index < -0.39 is 10.0 Å². The van der Waals surface area contributed by atoms with Gasteiger partial charge in [-0.05, 0) is 12.3 Å². The number of nitrogens with one attached hydrogen (secondary N) is 1. The van der Waals surface area contributed by atoms with Crippen LogP contribution in [0, 0.1) is 5.92 Å². The van der Waals surface area contributed by atoms with Gasteiger partial charge in [0.2, 0.25) is 10.0 Å². The molecule has 84 valence electrons. The lowest BCUT2D eigenvalue weighted by Gasteiger charge is -1.99. The number of primary sulfonamides is 1. The highest BCUT2D eigenvalue weighted by atomic mass is 32.2. The molecule has 0 saturated heterocycles. The highest BCUT2D eigenvalue weighted by molar-refractivity contribution is 7.91. The van der Waals surface area contributed by atoms with Crippen LogP contribution >= 0.6 is 11.3 Å². The zero-order valence-corrected chi connectivity index (χ0v) is 9.77. The SMILES string of the molecule is NS(=O)(=O)c1cnc(NCCC2CC2)s1. The molecule has 0 unspecified atom stereocenters. The number of hydrogen-bond donors (Lipinski definition) is 2. The summed E-state index contributed by atoms with van der Waals surface area (Å²) in [5.41, 5.74) is 0. The Morgan fingerprint density at radius 3 is 2.87 bits per heavy atom. The maximum absolute atomic E-state index is 11.0. The lowest BCUT2D eigenvalue weighted by Crippen LogP contribution is -2.09. The number of thiazole rings is 1. The van der Waals surface area contributed by atoms with Crippen LogP contribution in [0.15, 0.2) is 10.4 Å².